The topological polar surface area (TPSA) is 179 Å². The van der Waals surface area contributed by atoms with E-state index in [1.165, 1.54) is 10.9 Å². The largest absolute Gasteiger partial charge is 0.387 e. The van der Waals surface area contributed by atoms with Crippen molar-refractivity contribution in [2.75, 3.05) is 12.0 Å². The van der Waals surface area contributed by atoms with E-state index in [0.29, 0.717) is 12.2 Å². The SMILES string of the molecule is CCNC(=O)[C@H]1O[C@@H](n2cnc3c(NNC(=O)c4ccc[nH]4)nc(Cl)nc32)[C@H](O)[C@@H]1O. The number of aliphatic hydroxyl groups excluding tert-OH is 2. The molecular formula is C17H19ClN8O5. The molecule has 6 N–H and O–H groups in total. The molecular weight excluding hydrogens is 432 g/mol. The van der Waals surface area contributed by atoms with E-state index in [2.05, 4.69) is 36.1 Å². The van der Waals surface area contributed by atoms with Crippen LogP contribution >= 0.6 is 11.6 Å². The Bertz CT molecular complexity index is 1100. The minimum Gasteiger partial charge on any atom is -0.387 e. The number of anilines is 1. The van der Waals surface area contributed by atoms with Gasteiger partial charge in [0.1, 0.15) is 17.9 Å². The van der Waals surface area contributed by atoms with Gasteiger partial charge in [0.15, 0.2) is 29.3 Å². The number of halogens is 1. The summed E-state index contributed by atoms with van der Waals surface area (Å²) in [6, 6.07) is 3.26. The van der Waals surface area contributed by atoms with Crippen molar-refractivity contribution in [2.24, 2.45) is 0 Å². The van der Waals surface area contributed by atoms with Gasteiger partial charge >= 0.3 is 0 Å². The molecule has 0 bridgehead atoms. The van der Waals surface area contributed by atoms with Crippen LogP contribution in [0.5, 0.6) is 0 Å². The number of nitrogens with one attached hydrogen (secondary N) is 4. The predicted octanol–water partition coefficient (Wildman–Crippen LogP) is -0.680. The maximum atomic E-state index is 12.1. The van der Waals surface area contributed by atoms with Crippen molar-refractivity contribution in [1.82, 2.24) is 35.2 Å². The molecule has 1 fully saturated rings. The molecule has 0 aromatic carbocycles. The number of imidazole rings is 1. The molecule has 31 heavy (non-hydrogen) atoms. The zero-order chi connectivity index (χ0) is 22.1. The molecule has 4 atom stereocenters. The minimum atomic E-state index is -1.45. The molecule has 4 heterocycles. The zero-order valence-corrected chi connectivity index (χ0v) is 16.9. The molecule has 0 aliphatic carbocycles. The lowest BCUT2D eigenvalue weighted by atomic mass is 10.1. The van der Waals surface area contributed by atoms with Crippen molar-refractivity contribution in [3.05, 3.63) is 35.6 Å². The monoisotopic (exact) mass is 450 g/mol. The average Bonchev–Trinajstić information content (AvgIpc) is 3.47. The zero-order valence-electron chi connectivity index (χ0n) is 16.1. The average molecular weight is 451 g/mol. The van der Waals surface area contributed by atoms with Crippen LogP contribution in [0.25, 0.3) is 11.2 Å². The number of rotatable bonds is 6. The molecule has 1 saturated heterocycles. The van der Waals surface area contributed by atoms with Gasteiger partial charge in [-0.05, 0) is 30.7 Å². The number of carbonyl (C=O) groups excluding carboxylic acids is 2. The molecule has 0 spiro atoms. The van der Waals surface area contributed by atoms with Crippen LogP contribution in [0.3, 0.4) is 0 Å². The summed E-state index contributed by atoms with van der Waals surface area (Å²) in [5, 5.41) is 23.1. The standard InChI is InChI=1S/C17H19ClN8O5/c1-2-19-15(30)11-9(27)10(28)16(31-11)26-6-21-8-12(22-17(18)23-13(8)26)24-25-14(29)7-4-3-5-20-7/h3-6,9-11,16,20,27-28H,2H2,1H3,(H,19,30)(H,25,29)(H,22,23,24)/t9-,10+,11-,16+/m0/s1. The van der Waals surface area contributed by atoms with E-state index in [1.807, 2.05) is 0 Å². The second-order valence-corrected chi connectivity index (χ2v) is 6.99. The Morgan fingerprint density at radius 2 is 2.13 bits per heavy atom. The molecule has 13 nitrogen and oxygen atoms in total. The Kier molecular flexibility index (Phi) is 5.73. The Hall–Kier alpha value is -3.26. The summed E-state index contributed by atoms with van der Waals surface area (Å²) in [4.78, 5) is 39.3. The number of hydrogen-bond donors (Lipinski definition) is 6. The third-order valence-corrected chi connectivity index (χ3v) is 4.82. The quantitative estimate of drug-likeness (QED) is 0.209. The van der Waals surface area contributed by atoms with Gasteiger partial charge < -0.3 is 25.3 Å². The number of H-pyrrole nitrogens is 1. The Balaban J connectivity index is 1.60. The van der Waals surface area contributed by atoms with Crippen molar-refractivity contribution >= 4 is 40.4 Å². The normalized spacial score (nSPS) is 23.1. The van der Waals surface area contributed by atoms with Crippen LogP contribution in [0, 0.1) is 0 Å². The highest BCUT2D eigenvalue weighted by Gasteiger charge is 2.47. The number of hydrogen-bond acceptors (Lipinski definition) is 9. The third-order valence-electron chi connectivity index (χ3n) is 4.65. The maximum absolute atomic E-state index is 12.1. The van der Waals surface area contributed by atoms with Gasteiger partial charge in [0, 0.05) is 12.7 Å². The number of aromatic nitrogens is 5. The van der Waals surface area contributed by atoms with Crippen LogP contribution in [0.15, 0.2) is 24.7 Å². The molecule has 3 aromatic rings. The molecule has 0 radical (unpaired) electrons. The van der Waals surface area contributed by atoms with Gasteiger partial charge in [0.05, 0.1) is 6.33 Å². The number of likely N-dealkylation sites (N-methyl/N-ethyl adjacent to an activating group) is 1. The molecule has 2 amide bonds. The number of ether oxygens (including phenoxy) is 1. The summed E-state index contributed by atoms with van der Waals surface area (Å²) in [7, 11) is 0. The van der Waals surface area contributed by atoms with E-state index in [1.54, 1.807) is 25.3 Å². The summed E-state index contributed by atoms with van der Waals surface area (Å²) in [6.07, 6.45) is -2.40. The maximum Gasteiger partial charge on any atom is 0.286 e. The summed E-state index contributed by atoms with van der Waals surface area (Å²) in [5.41, 5.74) is 5.79. The molecule has 1 aliphatic rings. The number of nitrogens with zero attached hydrogens (tertiary/aromatic N) is 4. The van der Waals surface area contributed by atoms with Crippen molar-refractivity contribution in [2.45, 2.75) is 31.5 Å². The van der Waals surface area contributed by atoms with Gasteiger partial charge in [-0.1, -0.05) is 0 Å². The fourth-order valence-electron chi connectivity index (χ4n) is 3.20. The lowest BCUT2D eigenvalue weighted by Crippen LogP contribution is -2.42. The molecule has 1 aliphatic heterocycles. The van der Waals surface area contributed by atoms with Crippen molar-refractivity contribution < 1.29 is 24.5 Å². The lowest BCUT2D eigenvalue weighted by Gasteiger charge is -2.16. The lowest BCUT2D eigenvalue weighted by molar-refractivity contribution is -0.137. The Morgan fingerprint density at radius 3 is 2.84 bits per heavy atom. The second kappa shape index (κ2) is 8.47. The first-order chi connectivity index (χ1) is 14.9. The van der Waals surface area contributed by atoms with Crippen molar-refractivity contribution in [3.63, 3.8) is 0 Å². The predicted molar refractivity (Wildman–Crippen MR) is 107 cm³/mol. The number of aromatic amines is 1. The van der Waals surface area contributed by atoms with Crippen LogP contribution < -0.4 is 16.2 Å². The van der Waals surface area contributed by atoms with Gasteiger partial charge in [-0.3, -0.25) is 25.0 Å². The van der Waals surface area contributed by atoms with Gasteiger partial charge in [0.25, 0.3) is 11.8 Å². The number of hydrazine groups is 1. The Labute approximate surface area is 179 Å². The van der Waals surface area contributed by atoms with Crippen molar-refractivity contribution in [3.8, 4) is 0 Å². The first-order valence-corrected chi connectivity index (χ1v) is 9.67. The molecule has 3 aromatic heterocycles. The van der Waals surface area contributed by atoms with Gasteiger partial charge in [-0.15, -0.1) is 0 Å². The number of fused-ring (bicyclic) bond motifs is 1. The summed E-state index contributed by atoms with van der Waals surface area (Å²) < 4.78 is 6.92. The number of amides is 2. The second-order valence-electron chi connectivity index (χ2n) is 6.65. The fraction of sp³-hybridized carbons (Fsp3) is 0.353. The van der Waals surface area contributed by atoms with Crippen LogP contribution in [-0.4, -0.2) is 71.4 Å². The van der Waals surface area contributed by atoms with Crippen LogP contribution in [-0.2, 0) is 9.53 Å². The molecule has 164 valence electrons. The highest BCUT2D eigenvalue weighted by atomic mass is 35.5. The van der Waals surface area contributed by atoms with E-state index >= 15 is 0 Å². The number of aliphatic hydroxyl groups is 2. The molecule has 0 saturated carbocycles. The smallest absolute Gasteiger partial charge is 0.286 e. The highest BCUT2D eigenvalue weighted by molar-refractivity contribution is 6.28. The number of carbonyl (C=O) groups is 2. The van der Waals surface area contributed by atoms with Crippen LogP contribution in [0.1, 0.15) is 23.6 Å². The fourth-order valence-corrected chi connectivity index (χ4v) is 3.36. The van der Waals surface area contributed by atoms with Crippen LogP contribution in [0.4, 0.5) is 5.82 Å². The van der Waals surface area contributed by atoms with Gasteiger partial charge in [0.2, 0.25) is 5.28 Å². The summed E-state index contributed by atoms with van der Waals surface area (Å²) in [5.74, 6) is -0.903. The molecule has 0 unspecified atom stereocenters. The van der Waals surface area contributed by atoms with Gasteiger partial charge in [-0.25, -0.2) is 4.98 Å². The first-order valence-electron chi connectivity index (χ1n) is 9.29. The van der Waals surface area contributed by atoms with E-state index in [9.17, 15) is 19.8 Å². The van der Waals surface area contributed by atoms with Crippen molar-refractivity contribution in [1.29, 1.82) is 0 Å². The first kappa shape index (κ1) is 21.0. The molecule has 4 rings (SSSR count). The van der Waals surface area contributed by atoms with E-state index in [-0.39, 0.29) is 22.3 Å². The highest BCUT2D eigenvalue weighted by Crippen LogP contribution is 2.32. The van der Waals surface area contributed by atoms with Crippen LogP contribution in [0.2, 0.25) is 5.28 Å². The Morgan fingerprint density at radius 1 is 1.32 bits per heavy atom. The molecule has 14 heteroatoms. The van der Waals surface area contributed by atoms with E-state index in [0.717, 1.165) is 0 Å². The minimum absolute atomic E-state index is 0.0990. The summed E-state index contributed by atoms with van der Waals surface area (Å²) >= 11 is 6.02. The third kappa shape index (κ3) is 3.90. The van der Waals surface area contributed by atoms with E-state index in [4.69, 9.17) is 16.3 Å². The summed E-state index contributed by atoms with van der Waals surface area (Å²) in [6.45, 7) is 2.06. The van der Waals surface area contributed by atoms with E-state index < -0.39 is 36.4 Å². The van der Waals surface area contributed by atoms with Gasteiger partial charge in [-0.2, -0.15) is 9.97 Å².